The number of benzene rings is 2. The van der Waals surface area contributed by atoms with E-state index in [1.807, 2.05) is 36.4 Å². The zero-order valence-electron chi connectivity index (χ0n) is 18.8. The third kappa shape index (κ3) is 4.12. The molecule has 0 saturated carbocycles. The number of fused-ring (bicyclic) bond motifs is 2. The van der Waals surface area contributed by atoms with Gasteiger partial charge in [0.05, 0.1) is 36.0 Å². The van der Waals surface area contributed by atoms with E-state index in [1.165, 1.54) is 11.3 Å². The molecule has 0 radical (unpaired) electrons. The van der Waals surface area contributed by atoms with Crippen molar-refractivity contribution in [3.05, 3.63) is 64.5 Å². The molecule has 5 rings (SSSR count). The van der Waals surface area contributed by atoms with Crippen LogP contribution in [-0.4, -0.2) is 42.1 Å². The number of thiophene rings is 1. The fraction of sp³-hybridized carbons (Fsp3) is 0.240. The fourth-order valence-corrected chi connectivity index (χ4v) is 6.44. The van der Waals surface area contributed by atoms with E-state index < -0.39 is 0 Å². The highest BCUT2D eigenvalue weighted by Gasteiger charge is 2.30. The molecule has 9 heteroatoms. The lowest BCUT2D eigenvalue weighted by Crippen LogP contribution is -2.35. The lowest BCUT2D eigenvalue weighted by Gasteiger charge is -2.26. The second-order valence-corrected chi connectivity index (χ2v) is 9.86. The van der Waals surface area contributed by atoms with Crippen LogP contribution in [-0.2, 0) is 17.7 Å². The third-order valence-electron chi connectivity index (χ3n) is 5.67. The van der Waals surface area contributed by atoms with Crippen LogP contribution < -0.4 is 10.1 Å². The predicted octanol–water partition coefficient (Wildman–Crippen LogP) is 5.80. The smallest absolute Gasteiger partial charge is 0.410 e. The number of amides is 2. The van der Waals surface area contributed by atoms with Gasteiger partial charge in [0.15, 0.2) is 0 Å². The number of carbonyl (C=O) groups is 2. The van der Waals surface area contributed by atoms with Crippen LogP contribution in [0.4, 0.5) is 9.80 Å². The maximum Gasteiger partial charge on any atom is 0.410 e. The van der Waals surface area contributed by atoms with Crippen molar-refractivity contribution >= 4 is 49.9 Å². The summed E-state index contributed by atoms with van der Waals surface area (Å²) in [4.78, 5) is 33.2. The number of nitrogens with one attached hydrogen (secondary N) is 1. The number of hydrogen-bond acceptors (Lipinski definition) is 7. The van der Waals surface area contributed by atoms with Gasteiger partial charge in [0.1, 0.15) is 15.8 Å². The minimum Gasteiger partial charge on any atom is -0.496 e. The molecule has 0 bridgehead atoms. The average Bonchev–Trinajstić information content (AvgIpc) is 3.44. The van der Waals surface area contributed by atoms with E-state index in [0.29, 0.717) is 37.4 Å². The summed E-state index contributed by atoms with van der Waals surface area (Å²) in [6.07, 6.45) is 0.350. The molecule has 1 aliphatic rings. The molecule has 0 atom stereocenters. The highest BCUT2D eigenvalue weighted by atomic mass is 32.1. The molecule has 174 valence electrons. The Balaban J connectivity index is 1.56. The van der Waals surface area contributed by atoms with E-state index in [4.69, 9.17) is 14.5 Å². The lowest BCUT2D eigenvalue weighted by atomic mass is 10.0. The topological polar surface area (TPSA) is 80.8 Å². The van der Waals surface area contributed by atoms with Gasteiger partial charge in [-0.1, -0.05) is 24.3 Å². The maximum absolute atomic E-state index is 13.2. The summed E-state index contributed by atoms with van der Waals surface area (Å²) in [5.41, 5.74) is 3.45. The summed E-state index contributed by atoms with van der Waals surface area (Å²) < 4.78 is 11.7. The summed E-state index contributed by atoms with van der Waals surface area (Å²) in [5, 5.41) is 4.69. The van der Waals surface area contributed by atoms with E-state index in [-0.39, 0.29) is 12.0 Å². The van der Waals surface area contributed by atoms with Crippen molar-refractivity contribution in [2.75, 3.05) is 25.6 Å². The Bertz CT molecular complexity index is 1340. The van der Waals surface area contributed by atoms with Gasteiger partial charge in [0.25, 0.3) is 5.91 Å². The number of thiazole rings is 1. The highest BCUT2D eigenvalue weighted by Crippen LogP contribution is 2.46. The van der Waals surface area contributed by atoms with Crippen LogP contribution in [0.5, 0.6) is 5.75 Å². The van der Waals surface area contributed by atoms with Crippen molar-refractivity contribution < 1.29 is 19.1 Å². The van der Waals surface area contributed by atoms with E-state index in [2.05, 4.69) is 5.32 Å². The Morgan fingerprint density at radius 2 is 1.91 bits per heavy atom. The Morgan fingerprint density at radius 3 is 2.71 bits per heavy atom. The van der Waals surface area contributed by atoms with Crippen LogP contribution in [0.15, 0.2) is 48.5 Å². The number of aromatic nitrogens is 1. The highest BCUT2D eigenvalue weighted by molar-refractivity contribution is 7.23. The number of para-hydroxylation sites is 2. The summed E-state index contributed by atoms with van der Waals surface area (Å²) in [7, 11) is 1.55. The van der Waals surface area contributed by atoms with Crippen LogP contribution in [0.2, 0.25) is 0 Å². The Hall–Kier alpha value is -3.43. The first-order valence-corrected chi connectivity index (χ1v) is 12.6. The lowest BCUT2D eigenvalue weighted by molar-refractivity contribution is 0.102. The molecule has 0 spiro atoms. The van der Waals surface area contributed by atoms with Gasteiger partial charge in [-0.15, -0.1) is 22.7 Å². The fourth-order valence-electron chi connectivity index (χ4n) is 4.07. The van der Waals surface area contributed by atoms with E-state index in [9.17, 15) is 9.59 Å². The molecule has 2 aromatic carbocycles. The van der Waals surface area contributed by atoms with Crippen LogP contribution in [0.3, 0.4) is 0 Å². The van der Waals surface area contributed by atoms with Crippen molar-refractivity contribution in [3.8, 4) is 16.3 Å². The Morgan fingerprint density at radius 1 is 1.12 bits per heavy atom. The first kappa shape index (κ1) is 22.4. The molecule has 7 nitrogen and oxygen atoms in total. The minimum absolute atomic E-state index is 0.249. The molecule has 0 unspecified atom stereocenters. The van der Waals surface area contributed by atoms with E-state index in [0.717, 1.165) is 36.2 Å². The van der Waals surface area contributed by atoms with Crippen molar-refractivity contribution in [2.24, 2.45) is 0 Å². The number of ether oxygens (including phenoxy) is 2. The maximum atomic E-state index is 13.2. The van der Waals surface area contributed by atoms with Crippen molar-refractivity contribution in [2.45, 2.75) is 19.9 Å². The summed E-state index contributed by atoms with van der Waals surface area (Å²) in [6.45, 7) is 3.14. The number of methoxy groups -OCH3 is 1. The van der Waals surface area contributed by atoms with Gasteiger partial charge in [-0.2, -0.15) is 0 Å². The van der Waals surface area contributed by atoms with E-state index in [1.54, 1.807) is 42.4 Å². The average molecular weight is 494 g/mol. The van der Waals surface area contributed by atoms with Crippen molar-refractivity contribution in [1.82, 2.24) is 9.88 Å². The van der Waals surface area contributed by atoms with Gasteiger partial charge in [0, 0.05) is 17.0 Å². The standard InChI is InChI=1S/C25H23N3O4S2/c1-3-32-25(30)28-13-12-16-20(14-28)34-24(27-22(29)15-8-4-6-10-18(15)31-2)21(16)23-26-17-9-5-7-11-19(17)33-23/h4-11H,3,12-14H2,1-2H3,(H,27,29). The van der Waals surface area contributed by atoms with E-state index >= 15 is 0 Å². The molecular weight excluding hydrogens is 470 g/mol. The zero-order chi connectivity index (χ0) is 23.7. The second kappa shape index (κ2) is 9.44. The number of nitrogens with zero attached hydrogens (tertiary/aromatic N) is 2. The van der Waals surface area contributed by atoms with Gasteiger partial charge in [-0.25, -0.2) is 9.78 Å². The Kier molecular flexibility index (Phi) is 6.21. The summed E-state index contributed by atoms with van der Waals surface area (Å²) in [6, 6.07) is 15.1. The summed E-state index contributed by atoms with van der Waals surface area (Å²) >= 11 is 3.09. The van der Waals surface area contributed by atoms with Crippen LogP contribution in [0, 0.1) is 0 Å². The molecule has 2 amide bonds. The van der Waals surface area contributed by atoms with Crippen molar-refractivity contribution in [3.63, 3.8) is 0 Å². The predicted molar refractivity (Wildman–Crippen MR) is 135 cm³/mol. The number of rotatable bonds is 5. The SMILES string of the molecule is CCOC(=O)N1CCc2c(sc(NC(=O)c3ccccc3OC)c2-c2nc3ccccc3s2)C1. The Labute approximate surface area is 205 Å². The van der Waals surface area contributed by atoms with Crippen molar-refractivity contribution in [1.29, 1.82) is 0 Å². The van der Waals surface area contributed by atoms with Gasteiger partial charge in [-0.3, -0.25) is 4.79 Å². The quantitative estimate of drug-likeness (QED) is 0.380. The summed E-state index contributed by atoms with van der Waals surface area (Å²) in [5.74, 6) is 0.261. The molecule has 2 aromatic heterocycles. The molecular formula is C25H23N3O4S2. The van der Waals surface area contributed by atoms with Gasteiger partial charge < -0.3 is 19.7 Å². The number of anilines is 1. The van der Waals surface area contributed by atoms with Crippen LogP contribution in [0.25, 0.3) is 20.8 Å². The molecule has 1 aliphatic heterocycles. The van der Waals surface area contributed by atoms with Gasteiger partial charge in [0.2, 0.25) is 0 Å². The normalized spacial score (nSPS) is 12.9. The molecule has 4 aromatic rings. The second-order valence-electron chi connectivity index (χ2n) is 7.72. The molecule has 3 heterocycles. The zero-order valence-corrected chi connectivity index (χ0v) is 20.4. The largest absolute Gasteiger partial charge is 0.496 e. The minimum atomic E-state index is -0.317. The molecule has 0 saturated heterocycles. The molecule has 34 heavy (non-hydrogen) atoms. The van der Waals surface area contributed by atoms with Gasteiger partial charge in [-0.05, 0) is 43.2 Å². The first-order chi connectivity index (χ1) is 16.6. The van der Waals surface area contributed by atoms with Crippen LogP contribution in [0.1, 0.15) is 27.7 Å². The monoisotopic (exact) mass is 493 g/mol. The molecule has 0 aliphatic carbocycles. The number of carbonyl (C=O) groups excluding carboxylic acids is 2. The van der Waals surface area contributed by atoms with Gasteiger partial charge >= 0.3 is 6.09 Å². The number of hydrogen-bond donors (Lipinski definition) is 1. The molecule has 0 fully saturated rings. The first-order valence-electron chi connectivity index (χ1n) is 11.0. The molecule has 1 N–H and O–H groups in total. The van der Waals surface area contributed by atoms with Crippen LogP contribution >= 0.6 is 22.7 Å². The third-order valence-corrected chi connectivity index (χ3v) is 7.86.